The molecule has 5 nitrogen and oxygen atoms in total. The monoisotopic (exact) mass is 388 g/mol. The molecule has 0 saturated carbocycles. The molecule has 2 aromatic heterocycles. The summed E-state index contributed by atoms with van der Waals surface area (Å²) in [6, 6.07) is 11.3. The molecule has 9 heteroatoms. The van der Waals surface area contributed by atoms with Crippen molar-refractivity contribution in [1.82, 2.24) is 19.6 Å². The van der Waals surface area contributed by atoms with Gasteiger partial charge in [-0.25, -0.2) is 14.4 Å². The molecule has 0 aliphatic rings. The van der Waals surface area contributed by atoms with Gasteiger partial charge in [-0.15, -0.1) is 0 Å². The maximum Gasteiger partial charge on any atom is 0.435 e. The third kappa shape index (κ3) is 3.04. The SMILES string of the molecule is COc1ccccc1-c1cc(-c2cnc3nc(C(F)(F)F)cnn23)ccc1F. The Hall–Kier alpha value is -3.49. The molecule has 0 atom stereocenters. The maximum absolute atomic E-state index is 14.5. The molecular formula is C19H12F4N4O. The van der Waals surface area contributed by atoms with Gasteiger partial charge in [0, 0.05) is 16.7 Å². The highest BCUT2D eigenvalue weighted by Gasteiger charge is 2.33. The Morgan fingerprint density at radius 3 is 2.54 bits per heavy atom. The van der Waals surface area contributed by atoms with E-state index in [-0.39, 0.29) is 11.3 Å². The molecular weight excluding hydrogens is 376 g/mol. The Labute approximate surface area is 156 Å². The number of hydrogen-bond donors (Lipinski definition) is 0. The van der Waals surface area contributed by atoms with Gasteiger partial charge in [0.05, 0.1) is 25.2 Å². The Kier molecular flexibility index (Phi) is 4.21. The second kappa shape index (κ2) is 6.59. The van der Waals surface area contributed by atoms with Crippen molar-refractivity contribution in [2.45, 2.75) is 6.18 Å². The number of halogens is 4. The number of hydrogen-bond acceptors (Lipinski definition) is 4. The van der Waals surface area contributed by atoms with E-state index >= 15 is 0 Å². The molecule has 0 aliphatic heterocycles. The highest BCUT2D eigenvalue weighted by Crippen LogP contribution is 2.34. The fourth-order valence-electron chi connectivity index (χ4n) is 2.87. The van der Waals surface area contributed by atoms with Crippen LogP contribution in [-0.2, 0) is 6.18 Å². The zero-order valence-corrected chi connectivity index (χ0v) is 14.4. The van der Waals surface area contributed by atoms with Crippen LogP contribution in [0.4, 0.5) is 17.6 Å². The van der Waals surface area contributed by atoms with Crippen LogP contribution < -0.4 is 4.74 Å². The number of rotatable bonds is 3. The number of ether oxygens (including phenoxy) is 1. The van der Waals surface area contributed by atoms with Crippen LogP contribution >= 0.6 is 0 Å². The summed E-state index contributed by atoms with van der Waals surface area (Å²) in [6.45, 7) is 0. The van der Waals surface area contributed by atoms with Crippen LogP contribution in [-0.4, -0.2) is 26.7 Å². The second-order valence-corrected chi connectivity index (χ2v) is 5.89. The van der Waals surface area contributed by atoms with Crippen LogP contribution in [0, 0.1) is 5.82 Å². The standard InChI is InChI=1S/C19H12F4N4O/c1-28-16-5-3-2-4-12(16)13-8-11(6-7-14(13)20)15-9-24-18-26-17(19(21,22)23)10-25-27(15)18/h2-10H,1H3. The summed E-state index contributed by atoms with van der Waals surface area (Å²) < 4.78 is 59.4. The summed E-state index contributed by atoms with van der Waals surface area (Å²) >= 11 is 0. The molecule has 0 spiro atoms. The molecule has 28 heavy (non-hydrogen) atoms. The van der Waals surface area contributed by atoms with Gasteiger partial charge in [-0.1, -0.05) is 18.2 Å². The number of para-hydroxylation sites is 1. The van der Waals surface area contributed by atoms with Crippen molar-refractivity contribution >= 4 is 5.78 Å². The van der Waals surface area contributed by atoms with Crippen molar-refractivity contribution in [3.05, 3.63) is 66.4 Å². The topological polar surface area (TPSA) is 52.3 Å². The predicted molar refractivity (Wildman–Crippen MR) is 93.2 cm³/mol. The van der Waals surface area contributed by atoms with Gasteiger partial charge in [0.15, 0.2) is 5.69 Å². The smallest absolute Gasteiger partial charge is 0.435 e. The molecule has 0 amide bonds. The number of methoxy groups -OCH3 is 1. The molecule has 4 rings (SSSR count). The van der Waals surface area contributed by atoms with Crippen LogP contribution in [0.25, 0.3) is 28.2 Å². The van der Waals surface area contributed by atoms with E-state index < -0.39 is 17.7 Å². The summed E-state index contributed by atoms with van der Waals surface area (Å²) in [6.07, 6.45) is -2.65. The lowest BCUT2D eigenvalue weighted by Gasteiger charge is -2.11. The summed E-state index contributed by atoms with van der Waals surface area (Å²) in [4.78, 5) is 7.39. The van der Waals surface area contributed by atoms with Gasteiger partial charge in [0.1, 0.15) is 11.6 Å². The Morgan fingerprint density at radius 2 is 1.79 bits per heavy atom. The summed E-state index contributed by atoms with van der Waals surface area (Å²) in [7, 11) is 1.49. The minimum atomic E-state index is -4.62. The first kappa shape index (κ1) is 17.9. The second-order valence-electron chi connectivity index (χ2n) is 5.89. The average Bonchev–Trinajstić information content (AvgIpc) is 3.11. The third-order valence-electron chi connectivity index (χ3n) is 4.19. The Morgan fingerprint density at radius 1 is 1.00 bits per heavy atom. The van der Waals surface area contributed by atoms with Gasteiger partial charge in [-0.05, 0) is 24.3 Å². The molecule has 4 aromatic rings. The van der Waals surface area contributed by atoms with Gasteiger partial charge in [-0.2, -0.15) is 22.8 Å². The van der Waals surface area contributed by atoms with Gasteiger partial charge >= 0.3 is 6.18 Å². The van der Waals surface area contributed by atoms with Crippen molar-refractivity contribution < 1.29 is 22.3 Å². The lowest BCUT2D eigenvalue weighted by atomic mass is 10.0. The molecule has 0 unspecified atom stereocenters. The van der Waals surface area contributed by atoms with Crippen molar-refractivity contribution in [3.63, 3.8) is 0 Å². The van der Waals surface area contributed by atoms with E-state index in [9.17, 15) is 17.6 Å². The van der Waals surface area contributed by atoms with Gasteiger partial charge < -0.3 is 4.74 Å². The first-order valence-corrected chi connectivity index (χ1v) is 8.10. The summed E-state index contributed by atoms with van der Waals surface area (Å²) in [5, 5.41) is 3.80. The first-order chi connectivity index (χ1) is 13.4. The first-order valence-electron chi connectivity index (χ1n) is 8.10. The largest absolute Gasteiger partial charge is 0.496 e. The number of benzene rings is 2. The van der Waals surface area contributed by atoms with E-state index in [1.54, 1.807) is 30.3 Å². The van der Waals surface area contributed by atoms with Gasteiger partial charge in [0.25, 0.3) is 5.78 Å². The molecule has 0 aliphatic carbocycles. The minimum Gasteiger partial charge on any atom is -0.496 e. The van der Waals surface area contributed by atoms with Crippen molar-refractivity contribution in [2.75, 3.05) is 7.11 Å². The van der Waals surface area contributed by atoms with E-state index in [0.717, 1.165) is 0 Å². The normalized spacial score (nSPS) is 11.8. The van der Waals surface area contributed by atoms with Crippen LogP contribution in [0.5, 0.6) is 5.75 Å². The van der Waals surface area contributed by atoms with E-state index in [2.05, 4.69) is 15.1 Å². The molecule has 0 N–H and O–H groups in total. The van der Waals surface area contributed by atoms with Crippen molar-refractivity contribution in [2.24, 2.45) is 0 Å². The number of imidazole rings is 1. The lowest BCUT2D eigenvalue weighted by Crippen LogP contribution is -2.11. The Balaban J connectivity index is 1.85. The fourth-order valence-corrected chi connectivity index (χ4v) is 2.87. The molecule has 0 radical (unpaired) electrons. The van der Waals surface area contributed by atoms with Gasteiger partial charge in [-0.3, -0.25) is 0 Å². The van der Waals surface area contributed by atoms with Crippen LogP contribution in [0.1, 0.15) is 5.69 Å². The highest BCUT2D eigenvalue weighted by molar-refractivity contribution is 5.76. The zero-order valence-electron chi connectivity index (χ0n) is 14.4. The van der Waals surface area contributed by atoms with E-state index in [1.165, 1.54) is 30.0 Å². The fraction of sp³-hybridized carbons (Fsp3) is 0.105. The minimum absolute atomic E-state index is 0.201. The number of fused-ring (bicyclic) bond motifs is 1. The molecule has 2 heterocycles. The molecule has 0 saturated heterocycles. The lowest BCUT2D eigenvalue weighted by molar-refractivity contribution is -0.141. The van der Waals surface area contributed by atoms with Crippen molar-refractivity contribution in [3.8, 4) is 28.1 Å². The molecule has 0 bridgehead atoms. The maximum atomic E-state index is 14.5. The van der Waals surface area contributed by atoms with Gasteiger partial charge in [0.2, 0.25) is 0 Å². The van der Waals surface area contributed by atoms with Crippen LogP contribution in [0.15, 0.2) is 54.9 Å². The average molecular weight is 388 g/mol. The summed E-state index contributed by atoms with van der Waals surface area (Å²) in [5.74, 6) is -0.174. The quantitative estimate of drug-likeness (QED) is 0.481. The highest BCUT2D eigenvalue weighted by atomic mass is 19.4. The number of alkyl halides is 3. The number of nitrogens with zero attached hydrogens (tertiary/aromatic N) is 4. The van der Waals surface area contributed by atoms with E-state index in [4.69, 9.17) is 4.74 Å². The van der Waals surface area contributed by atoms with E-state index in [0.29, 0.717) is 28.8 Å². The molecule has 2 aromatic carbocycles. The molecule has 142 valence electrons. The predicted octanol–water partition coefficient (Wildman–Crippen LogP) is 4.62. The summed E-state index contributed by atoms with van der Waals surface area (Å²) in [5.41, 5.74) is 0.593. The Bertz CT molecular complexity index is 1170. The van der Waals surface area contributed by atoms with E-state index in [1.807, 2.05) is 0 Å². The van der Waals surface area contributed by atoms with Crippen LogP contribution in [0.2, 0.25) is 0 Å². The van der Waals surface area contributed by atoms with Crippen LogP contribution in [0.3, 0.4) is 0 Å². The molecule has 0 fully saturated rings. The zero-order chi connectivity index (χ0) is 19.9. The van der Waals surface area contributed by atoms with Crippen molar-refractivity contribution in [1.29, 1.82) is 0 Å². The third-order valence-corrected chi connectivity index (χ3v) is 4.19. The number of aromatic nitrogens is 4.